The van der Waals surface area contributed by atoms with Crippen molar-refractivity contribution >= 4 is 11.8 Å². The Morgan fingerprint density at radius 3 is 2.57 bits per heavy atom. The molecule has 8 nitrogen and oxygen atoms in total. The fourth-order valence-corrected chi connectivity index (χ4v) is 3.27. The summed E-state index contributed by atoms with van der Waals surface area (Å²) in [5, 5.41) is 10.5. The van der Waals surface area contributed by atoms with Gasteiger partial charge in [0.15, 0.2) is 0 Å². The molecule has 30 heavy (non-hydrogen) atoms. The molecule has 3 heterocycles. The number of aliphatic carboxylic acids is 1. The Bertz CT molecular complexity index is 669. The first-order valence-electron chi connectivity index (χ1n) is 9.96. The van der Waals surface area contributed by atoms with Gasteiger partial charge in [0.1, 0.15) is 11.6 Å². The number of hydrogen-bond acceptors (Lipinski definition) is 7. The third-order valence-corrected chi connectivity index (χ3v) is 4.72. The molecule has 2 saturated heterocycles. The highest BCUT2D eigenvalue weighted by molar-refractivity contribution is 5.73. The van der Waals surface area contributed by atoms with Crippen LogP contribution in [0.4, 0.5) is 19.0 Å². The number of hydrogen-bond donors (Lipinski definition) is 2. The fourth-order valence-electron chi connectivity index (χ4n) is 3.27. The van der Waals surface area contributed by atoms with Crippen LogP contribution in [-0.2, 0) is 14.3 Å². The van der Waals surface area contributed by atoms with Crippen molar-refractivity contribution in [2.45, 2.75) is 44.9 Å². The Morgan fingerprint density at radius 1 is 1.30 bits per heavy atom. The van der Waals surface area contributed by atoms with Gasteiger partial charge in [-0.3, -0.25) is 4.90 Å². The number of rotatable bonds is 5. The van der Waals surface area contributed by atoms with Gasteiger partial charge < -0.3 is 19.9 Å². The maximum atomic E-state index is 10.6. The second-order valence-corrected chi connectivity index (χ2v) is 7.54. The number of anilines is 1. The van der Waals surface area contributed by atoms with Crippen molar-refractivity contribution in [1.82, 2.24) is 14.9 Å². The summed E-state index contributed by atoms with van der Waals surface area (Å²) < 4.78 is 42.9. The van der Waals surface area contributed by atoms with Gasteiger partial charge in [0.2, 0.25) is 0 Å². The van der Waals surface area contributed by atoms with Crippen LogP contribution in [0.2, 0.25) is 0 Å². The number of carboxylic acid groups (broad SMARTS) is 1. The minimum atomic E-state index is -5.08. The zero-order valence-electron chi connectivity index (χ0n) is 17.2. The van der Waals surface area contributed by atoms with Crippen molar-refractivity contribution in [3.63, 3.8) is 0 Å². The summed E-state index contributed by atoms with van der Waals surface area (Å²) in [6, 6.07) is 2.44. The highest BCUT2D eigenvalue weighted by Gasteiger charge is 2.38. The van der Waals surface area contributed by atoms with Crippen LogP contribution in [-0.4, -0.2) is 77.7 Å². The van der Waals surface area contributed by atoms with Crippen molar-refractivity contribution in [2.75, 3.05) is 44.8 Å². The zero-order valence-corrected chi connectivity index (χ0v) is 17.2. The van der Waals surface area contributed by atoms with Gasteiger partial charge in [0.05, 0.1) is 19.3 Å². The molecule has 0 spiro atoms. The molecule has 0 aliphatic carbocycles. The van der Waals surface area contributed by atoms with Crippen LogP contribution < -0.4 is 5.32 Å². The van der Waals surface area contributed by atoms with Crippen LogP contribution in [0.5, 0.6) is 0 Å². The van der Waals surface area contributed by atoms with Crippen molar-refractivity contribution in [3.8, 4) is 0 Å². The molecule has 1 atom stereocenters. The fraction of sp³-hybridized carbons (Fsp3) is 0.737. The van der Waals surface area contributed by atoms with Crippen LogP contribution >= 0.6 is 0 Å². The molecule has 11 heteroatoms. The highest BCUT2D eigenvalue weighted by Crippen LogP contribution is 2.26. The summed E-state index contributed by atoms with van der Waals surface area (Å²) in [5.41, 5.74) is 0. The summed E-state index contributed by atoms with van der Waals surface area (Å²) in [6.07, 6.45) is -0.936. The number of aromatic nitrogens is 2. The second kappa shape index (κ2) is 11.4. The first kappa shape index (κ1) is 24.3. The second-order valence-electron chi connectivity index (χ2n) is 7.54. The van der Waals surface area contributed by atoms with E-state index in [4.69, 9.17) is 24.4 Å². The molecule has 1 aromatic heterocycles. The molecular weight excluding hydrogens is 405 g/mol. The highest BCUT2D eigenvalue weighted by atomic mass is 19.4. The van der Waals surface area contributed by atoms with Crippen LogP contribution in [0, 0.1) is 5.92 Å². The van der Waals surface area contributed by atoms with E-state index in [1.54, 1.807) is 0 Å². The number of carboxylic acids is 1. The molecule has 0 radical (unpaired) electrons. The number of morpholine rings is 1. The van der Waals surface area contributed by atoms with Gasteiger partial charge in [-0.05, 0) is 38.7 Å². The zero-order chi connectivity index (χ0) is 22.1. The van der Waals surface area contributed by atoms with E-state index < -0.39 is 12.1 Å². The molecule has 2 fully saturated rings. The van der Waals surface area contributed by atoms with E-state index in [1.165, 1.54) is 0 Å². The Kier molecular flexibility index (Phi) is 9.25. The third kappa shape index (κ3) is 8.04. The van der Waals surface area contributed by atoms with E-state index in [0.717, 1.165) is 57.4 Å². The van der Waals surface area contributed by atoms with Crippen LogP contribution in [0.15, 0.2) is 12.3 Å². The molecule has 0 saturated carbocycles. The van der Waals surface area contributed by atoms with E-state index in [1.807, 2.05) is 12.3 Å². The molecule has 3 rings (SSSR count). The van der Waals surface area contributed by atoms with E-state index in [2.05, 4.69) is 29.0 Å². The van der Waals surface area contributed by atoms with Gasteiger partial charge in [-0.2, -0.15) is 13.2 Å². The quantitative estimate of drug-likeness (QED) is 0.730. The molecule has 2 N–H and O–H groups in total. The number of ether oxygens (including phenoxy) is 2. The maximum absolute atomic E-state index is 10.6. The molecule has 170 valence electrons. The SMILES string of the molecule is CC(C)Nc1ccnc(C2COCCN2CC2CCOCC2)n1.O=C(O)C(F)(F)F. The number of carbonyl (C=O) groups is 1. The normalized spacial score (nSPS) is 21.1. The van der Waals surface area contributed by atoms with Crippen molar-refractivity contribution < 1.29 is 32.5 Å². The first-order valence-corrected chi connectivity index (χ1v) is 9.96. The van der Waals surface area contributed by atoms with Crippen molar-refractivity contribution in [2.24, 2.45) is 5.92 Å². The predicted molar refractivity (Wildman–Crippen MR) is 103 cm³/mol. The average Bonchev–Trinajstić information content (AvgIpc) is 2.69. The van der Waals surface area contributed by atoms with Crippen molar-refractivity contribution in [1.29, 1.82) is 0 Å². The molecule has 0 amide bonds. The topological polar surface area (TPSA) is 96.8 Å². The third-order valence-electron chi connectivity index (χ3n) is 4.72. The monoisotopic (exact) mass is 434 g/mol. The lowest BCUT2D eigenvalue weighted by Crippen LogP contribution is -2.43. The average molecular weight is 434 g/mol. The summed E-state index contributed by atoms with van der Waals surface area (Å²) in [4.78, 5) is 20.6. The van der Waals surface area contributed by atoms with Crippen LogP contribution in [0.1, 0.15) is 38.6 Å². The first-order chi connectivity index (χ1) is 14.2. The van der Waals surface area contributed by atoms with E-state index >= 15 is 0 Å². The Labute approximate surface area is 173 Å². The van der Waals surface area contributed by atoms with Crippen molar-refractivity contribution in [3.05, 3.63) is 18.1 Å². The molecule has 1 unspecified atom stereocenters. The maximum Gasteiger partial charge on any atom is 0.490 e. The van der Waals surface area contributed by atoms with Gasteiger partial charge in [0.25, 0.3) is 0 Å². The van der Waals surface area contributed by atoms with Gasteiger partial charge in [0, 0.05) is 38.5 Å². The number of halogens is 3. The standard InChI is InChI=1S/C17H28N4O2.C2HF3O2/c1-13(2)19-16-3-6-18-17(20-16)15-12-23-10-7-21(15)11-14-4-8-22-9-5-14;3-2(4,5)1(6)7/h3,6,13-15H,4-5,7-12H2,1-2H3,(H,18,19,20);(H,6,7). The van der Waals surface area contributed by atoms with E-state index in [-0.39, 0.29) is 6.04 Å². The molecule has 0 bridgehead atoms. The Balaban J connectivity index is 0.000000396. The number of alkyl halides is 3. The molecule has 2 aliphatic rings. The lowest BCUT2D eigenvalue weighted by Gasteiger charge is -2.37. The smallest absolute Gasteiger partial charge is 0.475 e. The van der Waals surface area contributed by atoms with Crippen LogP contribution in [0.3, 0.4) is 0 Å². The lowest BCUT2D eigenvalue weighted by molar-refractivity contribution is -0.192. The Hall–Kier alpha value is -1.98. The molecular formula is C19H29F3N4O4. The number of nitrogens with one attached hydrogen (secondary N) is 1. The van der Waals surface area contributed by atoms with E-state index in [0.29, 0.717) is 18.6 Å². The van der Waals surface area contributed by atoms with Gasteiger partial charge in [-0.15, -0.1) is 0 Å². The Morgan fingerprint density at radius 2 is 1.97 bits per heavy atom. The predicted octanol–water partition coefficient (Wildman–Crippen LogP) is 2.73. The van der Waals surface area contributed by atoms with E-state index in [9.17, 15) is 13.2 Å². The summed E-state index contributed by atoms with van der Waals surface area (Å²) in [5.74, 6) is -0.294. The summed E-state index contributed by atoms with van der Waals surface area (Å²) in [6.45, 7) is 9.52. The van der Waals surface area contributed by atoms with Crippen LogP contribution in [0.25, 0.3) is 0 Å². The summed E-state index contributed by atoms with van der Waals surface area (Å²) >= 11 is 0. The van der Waals surface area contributed by atoms with Gasteiger partial charge in [-0.1, -0.05) is 0 Å². The minimum Gasteiger partial charge on any atom is -0.475 e. The van der Waals surface area contributed by atoms with Gasteiger partial charge >= 0.3 is 12.1 Å². The molecule has 2 aliphatic heterocycles. The minimum absolute atomic E-state index is 0.153. The molecule has 1 aromatic rings. The molecule has 0 aromatic carbocycles. The largest absolute Gasteiger partial charge is 0.490 e. The number of nitrogens with zero attached hydrogens (tertiary/aromatic N) is 3. The lowest BCUT2D eigenvalue weighted by atomic mass is 9.98. The van der Waals surface area contributed by atoms with Gasteiger partial charge in [-0.25, -0.2) is 14.8 Å². The summed E-state index contributed by atoms with van der Waals surface area (Å²) in [7, 11) is 0.